The van der Waals surface area contributed by atoms with Crippen molar-refractivity contribution in [2.24, 2.45) is 0 Å². The molecule has 0 fully saturated rings. The minimum atomic E-state index is -1.30. The number of ether oxygens (including phenoxy) is 1. The molecule has 0 aliphatic heterocycles. The van der Waals surface area contributed by atoms with E-state index in [4.69, 9.17) is 9.26 Å². The molecule has 2 amide bonds. The molecule has 3 aromatic carbocycles. The largest absolute Gasteiger partial charge is 0.480 e. The van der Waals surface area contributed by atoms with Crippen molar-refractivity contribution in [2.45, 2.75) is 45.8 Å². The van der Waals surface area contributed by atoms with Crippen molar-refractivity contribution < 1.29 is 33.1 Å². The fraction of sp³-hybridized carbons (Fsp3) is 0.206. The maximum absolute atomic E-state index is 15.2. The Morgan fingerprint density at radius 2 is 1.76 bits per heavy atom. The van der Waals surface area contributed by atoms with Crippen molar-refractivity contribution >= 4 is 35.0 Å². The van der Waals surface area contributed by atoms with Crippen molar-refractivity contribution in [3.05, 3.63) is 101 Å². The van der Waals surface area contributed by atoms with Gasteiger partial charge in [-0.2, -0.15) is 4.98 Å². The number of carboxylic acids is 1. The van der Waals surface area contributed by atoms with Gasteiger partial charge >= 0.3 is 12.1 Å². The normalized spacial score (nSPS) is 11.9. The zero-order valence-corrected chi connectivity index (χ0v) is 26.3. The third kappa shape index (κ3) is 8.02. The number of aryl methyl sites for hydroxylation is 1. The summed E-state index contributed by atoms with van der Waals surface area (Å²) in [6.07, 6.45) is -0.741. The number of aromatic nitrogens is 2. The number of rotatable bonds is 9. The minimum absolute atomic E-state index is 0.00101. The van der Waals surface area contributed by atoms with Crippen LogP contribution in [0.4, 0.5) is 14.9 Å². The maximum Gasteiger partial charge on any atom is 0.412 e. The van der Waals surface area contributed by atoms with E-state index in [9.17, 15) is 19.5 Å². The zero-order valence-electron chi connectivity index (χ0n) is 25.5. The number of carbonyl (C=O) groups excluding carboxylic acids is 2. The first-order chi connectivity index (χ1) is 21.8. The van der Waals surface area contributed by atoms with E-state index in [1.54, 1.807) is 80.6 Å². The van der Waals surface area contributed by atoms with Crippen molar-refractivity contribution in [1.82, 2.24) is 15.5 Å². The quantitative estimate of drug-likeness (QED) is 0.151. The molecule has 0 aliphatic rings. The van der Waals surface area contributed by atoms with E-state index < -0.39 is 35.4 Å². The van der Waals surface area contributed by atoms with Gasteiger partial charge in [0.1, 0.15) is 17.5 Å². The molecule has 236 valence electrons. The van der Waals surface area contributed by atoms with E-state index in [1.165, 1.54) is 12.1 Å². The smallest absolute Gasteiger partial charge is 0.412 e. The Labute approximate surface area is 268 Å². The van der Waals surface area contributed by atoms with E-state index in [2.05, 4.69) is 20.8 Å². The number of amides is 2. The number of hydrogen-bond donors (Lipinski definition) is 3. The lowest BCUT2D eigenvalue weighted by molar-refractivity contribution is -0.139. The Bertz CT molecular complexity index is 1890. The van der Waals surface area contributed by atoms with Crippen LogP contribution in [0.15, 0.2) is 83.4 Å². The SMILES string of the molecule is Cc1ccc(-c2cccc(C(=O)N[C@H](Cc3ccc(-c4noc(-c5ccc(NC(=O)OC(C)(C)C)cc5)n4)c(F)c3)C(=O)O)c2)s1. The number of thiophene rings is 1. The molecule has 10 nitrogen and oxygen atoms in total. The third-order valence-electron chi connectivity index (χ3n) is 6.67. The molecule has 0 saturated carbocycles. The van der Waals surface area contributed by atoms with Gasteiger partial charge in [-0.25, -0.2) is 14.0 Å². The van der Waals surface area contributed by atoms with Crippen LogP contribution < -0.4 is 10.6 Å². The highest BCUT2D eigenvalue weighted by atomic mass is 32.1. The van der Waals surface area contributed by atoms with Gasteiger partial charge in [0.15, 0.2) is 0 Å². The summed E-state index contributed by atoms with van der Waals surface area (Å²) in [5, 5.41) is 18.9. The number of aliphatic carboxylic acids is 1. The predicted molar refractivity (Wildman–Crippen MR) is 172 cm³/mol. The van der Waals surface area contributed by atoms with Crippen molar-refractivity contribution in [3.63, 3.8) is 0 Å². The summed E-state index contributed by atoms with van der Waals surface area (Å²) in [4.78, 5) is 43.4. The van der Waals surface area contributed by atoms with Gasteiger partial charge in [0, 0.05) is 33.0 Å². The molecule has 46 heavy (non-hydrogen) atoms. The molecule has 0 bridgehead atoms. The van der Waals surface area contributed by atoms with Crippen LogP contribution in [0.5, 0.6) is 0 Å². The molecule has 1 atom stereocenters. The average Bonchev–Trinajstić information content (AvgIpc) is 3.66. The van der Waals surface area contributed by atoms with Crippen LogP contribution in [-0.2, 0) is 16.0 Å². The molecule has 0 unspecified atom stereocenters. The Morgan fingerprint density at radius 1 is 1.00 bits per heavy atom. The highest BCUT2D eigenvalue weighted by molar-refractivity contribution is 7.15. The molecule has 5 aromatic rings. The van der Waals surface area contributed by atoms with Crippen LogP contribution in [0.2, 0.25) is 0 Å². The second-order valence-corrected chi connectivity index (χ2v) is 12.8. The van der Waals surface area contributed by atoms with Crippen LogP contribution in [-0.4, -0.2) is 44.9 Å². The molecule has 3 N–H and O–H groups in total. The zero-order chi connectivity index (χ0) is 33.0. The van der Waals surface area contributed by atoms with Crippen LogP contribution in [0.25, 0.3) is 33.3 Å². The number of nitrogens with one attached hydrogen (secondary N) is 2. The summed E-state index contributed by atoms with van der Waals surface area (Å²) in [5.41, 5.74) is 1.99. The minimum Gasteiger partial charge on any atom is -0.480 e. The second kappa shape index (κ2) is 13.3. The number of nitrogens with zero attached hydrogens (tertiary/aromatic N) is 2. The van der Waals surface area contributed by atoms with Crippen LogP contribution in [0.3, 0.4) is 0 Å². The number of hydrogen-bond acceptors (Lipinski definition) is 8. The van der Waals surface area contributed by atoms with E-state index >= 15 is 4.39 Å². The molecular formula is C34H31FN4O6S. The van der Waals surface area contributed by atoms with Gasteiger partial charge in [-0.3, -0.25) is 10.1 Å². The van der Waals surface area contributed by atoms with Gasteiger partial charge < -0.3 is 19.7 Å². The first-order valence-corrected chi connectivity index (χ1v) is 15.1. The van der Waals surface area contributed by atoms with Crippen LogP contribution in [0.1, 0.15) is 41.6 Å². The molecule has 0 spiro atoms. The standard InChI is InChI=1S/C34H31FN4O6S/c1-19-8-15-28(46-19)22-6-5-7-23(18-22)30(40)37-27(32(41)42)17-20-9-14-25(26(35)16-20)29-38-31(45-39-29)21-10-12-24(13-11-21)36-33(43)44-34(2,3)4/h5-16,18,27H,17H2,1-4H3,(H,36,43)(H,37,40)(H,41,42)/t27-/m1/s1. The van der Waals surface area contributed by atoms with Gasteiger partial charge in [0.2, 0.25) is 5.82 Å². The average molecular weight is 643 g/mol. The number of benzene rings is 3. The van der Waals surface area contributed by atoms with Gasteiger partial charge in [0.05, 0.1) is 5.56 Å². The number of carboxylic acid groups (broad SMARTS) is 1. The monoisotopic (exact) mass is 642 g/mol. The summed E-state index contributed by atoms with van der Waals surface area (Å²) in [5.74, 6) is -2.35. The van der Waals surface area contributed by atoms with E-state index in [1.807, 2.05) is 25.1 Å². The lowest BCUT2D eigenvalue weighted by Gasteiger charge is -2.19. The van der Waals surface area contributed by atoms with Crippen LogP contribution in [0, 0.1) is 12.7 Å². The predicted octanol–water partition coefficient (Wildman–Crippen LogP) is 7.35. The molecule has 0 aliphatic carbocycles. The Hall–Kier alpha value is -5.36. The van der Waals surface area contributed by atoms with Crippen LogP contribution >= 0.6 is 11.3 Å². The van der Waals surface area contributed by atoms with Gasteiger partial charge in [-0.15, -0.1) is 11.3 Å². The summed E-state index contributed by atoms with van der Waals surface area (Å²) >= 11 is 1.59. The summed E-state index contributed by atoms with van der Waals surface area (Å²) in [6.45, 7) is 7.29. The summed E-state index contributed by atoms with van der Waals surface area (Å²) in [6, 6.07) is 20.4. The number of halogens is 1. The van der Waals surface area contributed by atoms with Gasteiger partial charge in [-0.05, 0) is 99.5 Å². The number of carbonyl (C=O) groups is 3. The summed E-state index contributed by atoms with van der Waals surface area (Å²) < 4.78 is 25.8. The molecule has 0 saturated heterocycles. The van der Waals surface area contributed by atoms with E-state index in [-0.39, 0.29) is 23.7 Å². The first kappa shape index (κ1) is 32.0. The lowest BCUT2D eigenvalue weighted by Crippen LogP contribution is -2.42. The van der Waals surface area contributed by atoms with E-state index in [0.717, 1.165) is 15.3 Å². The third-order valence-corrected chi connectivity index (χ3v) is 7.72. The summed E-state index contributed by atoms with van der Waals surface area (Å²) in [7, 11) is 0. The molecule has 12 heteroatoms. The van der Waals surface area contributed by atoms with Crippen molar-refractivity contribution in [2.75, 3.05) is 5.32 Å². The van der Waals surface area contributed by atoms with Crippen molar-refractivity contribution in [3.8, 4) is 33.3 Å². The van der Waals surface area contributed by atoms with Gasteiger partial charge in [-0.1, -0.05) is 23.4 Å². The lowest BCUT2D eigenvalue weighted by atomic mass is 10.0. The Kier molecular flexibility index (Phi) is 9.28. The second-order valence-electron chi connectivity index (χ2n) is 11.5. The Morgan fingerprint density at radius 3 is 2.41 bits per heavy atom. The number of anilines is 1. The molecular weight excluding hydrogens is 611 g/mol. The molecule has 2 aromatic heterocycles. The first-order valence-electron chi connectivity index (χ1n) is 14.3. The highest BCUT2D eigenvalue weighted by Crippen LogP contribution is 2.29. The fourth-order valence-corrected chi connectivity index (χ4v) is 5.38. The van der Waals surface area contributed by atoms with Crippen molar-refractivity contribution in [1.29, 1.82) is 0 Å². The Balaban J connectivity index is 1.24. The molecule has 5 rings (SSSR count). The molecule has 0 radical (unpaired) electrons. The van der Waals surface area contributed by atoms with E-state index in [0.29, 0.717) is 22.4 Å². The molecule has 2 heterocycles. The highest BCUT2D eigenvalue weighted by Gasteiger charge is 2.23. The topological polar surface area (TPSA) is 144 Å². The maximum atomic E-state index is 15.2. The van der Waals surface area contributed by atoms with Gasteiger partial charge in [0.25, 0.3) is 11.8 Å². The fourth-order valence-electron chi connectivity index (χ4n) is 4.52.